The number of nitrogens with zero attached hydrogens (tertiary/aromatic N) is 6. The Bertz CT molecular complexity index is 2320. The van der Waals surface area contributed by atoms with Crippen molar-refractivity contribution >= 4 is 50.7 Å². The molecule has 4 atom stereocenters. The summed E-state index contributed by atoms with van der Waals surface area (Å²) < 4.78 is 6.42. The van der Waals surface area contributed by atoms with Gasteiger partial charge in [0.15, 0.2) is 0 Å². The van der Waals surface area contributed by atoms with Crippen LogP contribution in [0.5, 0.6) is 5.75 Å². The maximum atomic E-state index is 14.8. The molecule has 0 radical (unpaired) electrons. The van der Waals surface area contributed by atoms with E-state index in [0.717, 1.165) is 30.7 Å². The maximum Gasteiger partial charge on any atom is 0.347 e. The van der Waals surface area contributed by atoms with Crippen LogP contribution in [0.25, 0.3) is 20.7 Å². The number of hydrogen-bond acceptors (Lipinski definition) is 7. The topological polar surface area (TPSA) is 124 Å². The number of imide groups is 1. The number of aromatic hydroxyl groups is 1. The number of rotatable bonds is 3. The highest BCUT2D eigenvalue weighted by Gasteiger charge is 2.66. The molecule has 2 aromatic carbocycles. The molecule has 8 rings (SSSR count). The second-order valence-electron chi connectivity index (χ2n) is 12.5. The molecule has 0 unspecified atom stereocenters. The van der Waals surface area contributed by atoms with Crippen molar-refractivity contribution in [1.29, 1.82) is 0 Å². The lowest BCUT2D eigenvalue weighted by Crippen LogP contribution is -2.49. The Hall–Kier alpha value is -4.68. The molecular weight excluding hydrogens is 628 g/mol. The number of hydrogen-bond donors (Lipinski definition) is 1. The molecule has 2 amide bonds. The molecule has 5 heterocycles. The molecule has 0 spiro atoms. The number of carbonyl (C=O) groups excluding carboxylic acids is 2. The zero-order valence-electron chi connectivity index (χ0n) is 25.4. The number of allylic oxidation sites excluding steroid dienone is 2. The third-order valence-electron chi connectivity index (χ3n) is 10.2. The number of thiophene rings is 1. The van der Waals surface area contributed by atoms with Gasteiger partial charge in [0.05, 0.1) is 28.8 Å². The fourth-order valence-corrected chi connectivity index (χ4v) is 9.21. The van der Waals surface area contributed by atoms with Crippen LogP contribution in [-0.2, 0) is 30.2 Å². The van der Waals surface area contributed by atoms with Gasteiger partial charge in [-0.25, -0.2) is 28.4 Å². The molecule has 2 fully saturated rings. The highest BCUT2D eigenvalue weighted by atomic mass is 35.5. The van der Waals surface area contributed by atoms with E-state index >= 15 is 0 Å². The summed E-state index contributed by atoms with van der Waals surface area (Å²) in [6.45, 7) is 3.90. The van der Waals surface area contributed by atoms with Gasteiger partial charge >= 0.3 is 11.4 Å². The summed E-state index contributed by atoms with van der Waals surface area (Å²) in [7, 11) is 3.13. The van der Waals surface area contributed by atoms with E-state index < -0.39 is 46.5 Å². The van der Waals surface area contributed by atoms with E-state index in [9.17, 15) is 24.3 Å². The molecule has 3 aliphatic rings. The number of carbonyl (C=O) groups is 2. The molecule has 1 saturated heterocycles. The Morgan fingerprint density at radius 3 is 2.57 bits per heavy atom. The van der Waals surface area contributed by atoms with E-state index in [1.54, 1.807) is 60.3 Å². The quantitative estimate of drug-likeness (QED) is 0.225. The minimum Gasteiger partial charge on any atom is -0.508 e. The maximum absolute atomic E-state index is 14.8. The van der Waals surface area contributed by atoms with E-state index in [1.165, 1.54) is 21.3 Å². The van der Waals surface area contributed by atoms with Crippen LogP contribution in [0.2, 0.25) is 5.02 Å². The van der Waals surface area contributed by atoms with Crippen molar-refractivity contribution in [3.63, 3.8) is 0 Å². The van der Waals surface area contributed by atoms with Gasteiger partial charge in [-0.3, -0.25) is 14.3 Å². The van der Waals surface area contributed by atoms with Crippen LogP contribution in [-0.4, -0.2) is 40.6 Å². The van der Waals surface area contributed by atoms with Crippen molar-refractivity contribution < 1.29 is 14.7 Å². The summed E-state index contributed by atoms with van der Waals surface area (Å²) in [4.78, 5) is 57.7. The van der Waals surface area contributed by atoms with Gasteiger partial charge in [0.1, 0.15) is 17.3 Å². The molecule has 234 valence electrons. The minimum absolute atomic E-state index is 0.0146. The number of fused-ring (bicyclic) bond motifs is 5. The normalized spacial score (nSPS) is 23.9. The van der Waals surface area contributed by atoms with Gasteiger partial charge in [-0.15, -0.1) is 11.3 Å². The Kier molecular flexibility index (Phi) is 6.04. The van der Waals surface area contributed by atoms with Gasteiger partial charge in [0.2, 0.25) is 11.8 Å². The summed E-state index contributed by atoms with van der Waals surface area (Å²) in [6.07, 6.45) is 2.00. The van der Waals surface area contributed by atoms with Gasteiger partial charge in [-0.05, 0) is 61.1 Å². The van der Waals surface area contributed by atoms with Gasteiger partial charge in [0, 0.05) is 41.4 Å². The Balaban J connectivity index is 1.29. The van der Waals surface area contributed by atoms with Gasteiger partial charge in [-0.2, -0.15) is 5.10 Å². The van der Waals surface area contributed by atoms with Crippen LogP contribution in [0.1, 0.15) is 36.4 Å². The van der Waals surface area contributed by atoms with Crippen molar-refractivity contribution in [2.24, 2.45) is 25.4 Å². The van der Waals surface area contributed by atoms with E-state index in [1.807, 2.05) is 31.2 Å². The zero-order chi connectivity index (χ0) is 32.4. The Labute approximate surface area is 271 Å². The van der Waals surface area contributed by atoms with Crippen molar-refractivity contribution in [3.8, 4) is 16.3 Å². The number of aromatic nitrogens is 5. The molecule has 13 heteroatoms. The number of anilines is 1. The first-order valence-electron chi connectivity index (χ1n) is 14.9. The predicted octanol–water partition coefficient (Wildman–Crippen LogP) is 4.50. The Morgan fingerprint density at radius 2 is 1.80 bits per heavy atom. The molecule has 1 N–H and O–H groups in total. The lowest BCUT2D eigenvalue weighted by Gasteiger charge is -2.47. The van der Waals surface area contributed by atoms with Gasteiger partial charge in [-0.1, -0.05) is 35.9 Å². The SMILES string of the molecule is Cc1c(-c2cc(N3C(=O)[C@@H]4C[C@@H]5C(=CCn6c(=O)n(C)c(=O)n65)[C@H](c5ccccc5O)[C@]4(C)C3=O)n(C)n2)sc2ccc(Cl)cc12. The van der Waals surface area contributed by atoms with Crippen molar-refractivity contribution in [2.75, 3.05) is 4.90 Å². The highest BCUT2D eigenvalue weighted by Crippen LogP contribution is 2.62. The second-order valence-corrected chi connectivity index (χ2v) is 14.0. The van der Waals surface area contributed by atoms with Crippen LogP contribution in [0, 0.1) is 18.3 Å². The van der Waals surface area contributed by atoms with E-state index in [-0.39, 0.29) is 18.7 Å². The molecule has 11 nitrogen and oxygen atoms in total. The standard InChI is InChI=1S/C33H29ClN6O5S/c1-16-20-13-17(34)9-10-25(20)46-28(16)22-15-26(37(4)35-22)39-29(42)21-14-23-18(11-12-38-31(44)36(3)32(45)40(23)38)27(33(21,2)30(39)43)19-7-5-6-8-24(19)41/h5-11,13,15,21,23,27,41H,12,14H2,1-4H3/t21-,23+,27+,33+/m0/s1. The van der Waals surface area contributed by atoms with Crippen LogP contribution < -0.4 is 16.3 Å². The van der Waals surface area contributed by atoms with Gasteiger partial charge < -0.3 is 5.11 Å². The van der Waals surface area contributed by atoms with Gasteiger partial charge in [0.25, 0.3) is 0 Å². The lowest BCUT2D eigenvalue weighted by molar-refractivity contribution is -0.129. The predicted molar refractivity (Wildman–Crippen MR) is 174 cm³/mol. The number of phenolic OH excluding ortho intramolecular Hbond substituents is 1. The van der Waals surface area contributed by atoms with Crippen LogP contribution in [0.15, 0.2) is 69.8 Å². The number of halogens is 1. The average molecular weight is 657 g/mol. The molecular formula is C33H29ClN6O5S. The first-order valence-corrected chi connectivity index (χ1v) is 16.1. The molecule has 1 aliphatic carbocycles. The molecule has 46 heavy (non-hydrogen) atoms. The fraction of sp³-hybridized carbons (Fsp3) is 0.303. The third-order valence-corrected chi connectivity index (χ3v) is 11.7. The first kappa shape index (κ1) is 28.8. The summed E-state index contributed by atoms with van der Waals surface area (Å²) in [5.74, 6) is -2.10. The number of amides is 2. The van der Waals surface area contributed by atoms with Crippen molar-refractivity contribution in [1.82, 2.24) is 23.7 Å². The number of aryl methyl sites for hydroxylation is 2. The van der Waals surface area contributed by atoms with Crippen LogP contribution >= 0.6 is 22.9 Å². The summed E-state index contributed by atoms with van der Waals surface area (Å²) >= 11 is 7.83. The fourth-order valence-electron chi connectivity index (χ4n) is 7.90. The lowest BCUT2D eigenvalue weighted by atomic mass is 9.56. The van der Waals surface area contributed by atoms with E-state index in [0.29, 0.717) is 22.1 Å². The minimum atomic E-state index is -1.30. The number of para-hydroxylation sites is 1. The number of phenols is 1. The third kappa shape index (κ3) is 3.62. The molecule has 5 aromatic rings. The molecule has 3 aromatic heterocycles. The summed E-state index contributed by atoms with van der Waals surface area (Å²) in [5.41, 5.74) is 0.589. The molecule has 2 aliphatic heterocycles. The summed E-state index contributed by atoms with van der Waals surface area (Å²) in [6, 6.07) is 13.6. The van der Waals surface area contributed by atoms with Crippen LogP contribution in [0.3, 0.4) is 0 Å². The summed E-state index contributed by atoms with van der Waals surface area (Å²) in [5, 5.41) is 17.5. The van der Waals surface area contributed by atoms with Crippen molar-refractivity contribution in [3.05, 3.63) is 97.3 Å². The average Bonchev–Trinajstić information content (AvgIpc) is 3.69. The monoisotopic (exact) mass is 656 g/mol. The smallest absolute Gasteiger partial charge is 0.347 e. The zero-order valence-corrected chi connectivity index (χ0v) is 27.0. The second kappa shape index (κ2) is 9.66. The molecule has 1 saturated carbocycles. The highest BCUT2D eigenvalue weighted by molar-refractivity contribution is 7.22. The Morgan fingerprint density at radius 1 is 1.04 bits per heavy atom. The number of benzene rings is 2. The molecule has 0 bridgehead atoms. The van der Waals surface area contributed by atoms with E-state index in [2.05, 4.69) is 0 Å². The van der Waals surface area contributed by atoms with E-state index in [4.69, 9.17) is 16.7 Å². The first-order chi connectivity index (χ1) is 21.9. The van der Waals surface area contributed by atoms with Crippen molar-refractivity contribution in [2.45, 2.75) is 38.8 Å². The van der Waals surface area contributed by atoms with Crippen LogP contribution in [0.4, 0.5) is 5.82 Å². The largest absolute Gasteiger partial charge is 0.508 e.